The van der Waals surface area contributed by atoms with E-state index in [1.165, 1.54) is 31.4 Å². The van der Waals surface area contributed by atoms with Gasteiger partial charge < -0.3 is 10.4 Å². The smallest absolute Gasteiger partial charge is 0.124 e. The summed E-state index contributed by atoms with van der Waals surface area (Å²) in [6.45, 7) is 1.78. The van der Waals surface area contributed by atoms with Crippen molar-refractivity contribution in [1.82, 2.24) is 5.32 Å². The Morgan fingerprint density at radius 1 is 1.26 bits per heavy atom. The van der Waals surface area contributed by atoms with Crippen LogP contribution >= 0.6 is 15.9 Å². The highest BCUT2D eigenvalue weighted by Crippen LogP contribution is 2.35. The first-order chi connectivity index (χ1) is 9.15. The molecule has 1 saturated carbocycles. The molecule has 106 valence electrons. The highest BCUT2D eigenvalue weighted by Gasteiger charge is 2.30. The highest BCUT2D eigenvalue weighted by atomic mass is 79.9. The molecule has 2 N–H and O–H groups in total. The van der Waals surface area contributed by atoms with E-state index in [9.17, 15) is 9.50 Å². The number of aliphatic hydroxyl groups is 1. The van der Waals surface area contributed by atoms with Crippen LogP contribution in [0.15, 0.2) is 22.7 Å². The Bertz CT molecular complexity index is 419. The zero-order chi connectivity index (χ0) is 13.7. The monoisotopic (exact) mass is 329 g/mol. The molecule has 0 saturated heterocycles. The van der Waals surface area contributed by atoms with Crippen molar-refractivity contribution < 1.29 is 9.50 Å². The molecule has 1 aromatic rings. The second-order valence-electron chi connectivity index (χ2n) is 5.56. The molecule has 0 aromatic heterocycles. The van der Waals surface area contributed by atoms with Gasteiger partial charge in [0.2, 0.25) is 0 Å². The van der Waals surface area contributed by atoms with Gasteiger partial charge in [0.15, 0.2) is 0 Å². The molecule has 1 aliphatic rings. The Labute approximate surface area is 122 Å². The summed E-state index contributed by atoms with van der Waals surface area (Å²) >= 11 is 3.37. The van der Waals surface area contributed by atoms with Crippen molar-refractivity contribution in [2.24, 2.45) is 5.41 Å². The van der Waals surface area contributed by atoms with Crippen molar-refractivity contribution in [1.29, 1.82) is 0 Å². The van der Waals surface area contributed by atoms with E-state index in [0.29, 0.717) is 6.54 Å². The average molecular weight is 330 g/mol. The lowest BCUT2D eigenvalue weighted by molar-refractivity contribution is 0.0810. The number of aliphatic hydroxyl groups excluding tert-OH is 1. The first-order valence-corrected chi connectivity index (χ1v) is 7.70. The van der Waals surface area contributed by atoms with E-state index in [4.69, 9.17) is 0 Å². The molecular weight excluding hydrogens is 309 g/mol. The molecule has 0 spiro atoms. The fourth-order valence-electron chi connectivity index (χ4n) is 2.82. The van der Waals surface area contributed by atoms with Crippen molar-refractivity contribution in [3.8, 4) is 0 Å². The molecule has 0 bridgehead atoms. The van der Waals surface area contributed by atoms with Crippen LogP contribution in [-0.4, -0.2) is 18.3 Å². The second kappa shape index (κ2) is 6.82. The van der Waals surface area contributed by atoms with Crippen molar-refractivity contribution in [3.05, 3.63) is 34.1 Å². The molecule has 19 heavy (non-hydrogen) atoms. The Morgan fingerprint density at radius 2 is 2.00 bits per heavy atom. The third-order valence-electron chi connectivity index (χ3n) is 4.08. The van der Waals surface area contributed by atoms with Gasteiger partial charge in [0.1, 0.15) is 5.82 Å². The maximum atomic E-state index is 13.0. The number of hydrogen-bond donors (Lipinski definition) is 2. The van der Waals surface area contributed by atoms with E-state index in [0.717, 1.165) is 29.4 Å². The molecule has 4 heteroatoms. The largest absolute Gasteiger partial charge is 0.396 e. The van der Waals surface area contributed by atoms with E-state index in [1.54, 1.807) is 6.07 Å². The SMILES string of the molecule is OCC1(CNCc2ccc(F)cc2Br)CCCCC1. The van der Waals surface area contributed by atoms with Gasteiger partial charge in [-0.25, -0.2) is 4.39 Å². The molecular formula is C15H21BrFNO. The van der Waals surface area contributed by atoms with Crippen LogP contribution in [0.25, 0.3) is 0 Å². The predicted octanol–water partition coefficient (Wildman–Crippen LogP) is 3.62. The van der Waals surface area contributed by atoms with Crippen LogP contribution < -0.4 is 5.32 Å². The van der Waals surface area contributed by atoms with Gasteiger partial charge in [0.05, 0.1) is 0 Å². The first kappa shape index (κ1) is 14.9. The zero-order valence-corrected chi connectivity index (χ0v) is 12.7. The van der Waals surface area contributed by atoms with E-state index >= 15 is 0 Å². The van der Waals surface area contributed by atoms with Gasteiger partial charge in [0, 0.05) is 29.6 Å². The third-order valence-corrected chi connectivity index (χ3v) is 4.82. The minimum absolute atomic E-state index is 0.0464. The third kappa shape index (κ3) is 4.01. The van der Waals surface area contributed by atoms with E-state index in [2.05, 4.69) is 21.2 Å². The molecule has 0 radical (unpaired) electrons. The van der Waals surface area contributed by atoms with Crippen LogP contribution in [0.5, 0.6) is 0 Å². The van der Waals surface area contributed by atoms with E-state index in [1.807, 2.05) is 0 Å². The topological polar surface area (TPSA) is 32.3 Å². The van der Waals surface area contributed by atoms with Crippen LogP contribution in [0.2, 0.25) is 0 Å². The van der Waals surface area contributed by atoms with Crippen LogP contribution in [-0.2, 0) is 6.54 Å². The van der Waals surface area contributed by atoms with Gasteiger partial charge >= 0.3 is 0 Å². The normalized spacial score (nSPS) is 18.5. The molecule has 1 aromatic carbocycles. The summed E-state index contributed by atoms with van der Waals surface area (Å²) in [7, 11) is 0. The van der Waals surface area contributed by atoms with Gasteiger partial charge in [-0.15, -0.1) is 0 Å². The Hall–Kier alpha value is -0.450. The summed E-state index contributed by atoms with van der Waals surface area (Å²) in [5.74, 6) is -0.227. The molecule has 2 nitrogen and oxygen atoms in total. The van der Waals surface area contributed by atoms with Crippen LogP contribution in [0.4, 0.5) is 4.39 Å². The second-order valence-corrected chi connectivity index (χ2v) is 6.41. The molecule has 0 unspecified atom stereocenters. The number of hydrogen-bond acceptors (Lipinski definition) is 2. The summed E-state index contributed by atoms with van der Waals surface area (Å²) in [5, 5.41) is 13.0. The lowest BCUT2D eigenvalue weighted by atomic mass is 9.74. The van der Waals surface area contributed by atoms with Crippen LogP contribution in [0, 0.1) is 11.2 Å². The van der Waals surface area contributed by atoms with Gasteiger partial charge in [-0.05, 0) is 30.5 Å². The van der Waals surface area contributed by atoms with Gasteiger partial charge in [-0.1, -0.05) is 41.3 Å². The maximum absolute atomic E-state index is 13.0. The van der Waals surface area contributed by atoms with Gasteiger partial charge in [0.25, 0.3) is 0 Å². The number of rotatable bonds is 5. The number of nitrogens with one attached hydrogen (secondary N) is 1. The summed E-state index contributed by atoms with van der Waals surface area (Å²) in [6.07, 6.45) is 5.90. The predicted molar refractivity (Wildman–Crippen MR) is 78.4 cm³/mol. The van der Waals surface area contributed by atoms with Crippen LogP contribution in [0.3, 0.4) is 0 Å². The number of halogens is 2. The van der Waals surface area contributed by atoms with Gasteiger partial charge in [-0.2, -0.15) is 0 Å². The summed E-state index contributed by atoms with van der Waals surface area (Å²) in [4.78, 5) is 0. The Morgan fingerprint density at radius 3 is 2.63 bits per heavy atom. The molecule has 0 amide bonds. The summed E-state index contributed by atoms with van der Waals surface area (Å²) in [6, 6.07) is 4.75. The zero-order valence-electron chi connectivity index (χ0n) is 11.1. The van der Waals surface area contributed by atoms with Crippen molar-refractivity contribution >= 4 is 15.9 Å². The van der Waals surface area contributed by atoms with Crippen molar-refractivity contribution in [3.63, 3.8) is 0 Å². The fourth-order valence-corrected chi connectivity index (χ4v) is 3.31. The Balaban J connectivity index is 1.88. The Kier molecular flexibility index (Phi) is 5.37. The molecule has 1 fully saturated rings. The van der Waals surface area contributed by atoms with Crippen LogP contribution in [0.1, 0.15) is 37.7 Å². The van der Waals surface area contributed by atoms with E-state index < -0.39 is 0 Å². The molecule has 0 atom stereocenters. The number of benzene rings is 1. The quantitative estimate of drug-likeness (QED) is 0.864. The molecule has 2 rings (SSSR count). The molecule has 0 heterocycles. The lowest BCUT2D eigenvalue weighted by Crippen LogP contribution is -2.38. The summed E-state index contributed by atoms with van der Waals surface area (Å²) in [5.41, 5.74) is 1.09. The van der Waals surface area contributed by atoms with Crippen molar-refractivity contribution in [2.45, 2.75) is 38.6 Å². The minimum Gasteiger partial charge on any atom is -0.396 e. The fraction of sp³-hybridized carbons (Fsp3) is 0.600. The molecule has 1 aliphatic carbocycles. The lowest BCUT2D eigenvalue weighted by Gasteiger charge is -2.35. The first-order valence-electron chi connectivity index (χ1n) is 6.91. The molecule has 0 aliphatic heterocycles. The summed E-state index contributed by atoms with van der Waals surface area (Å²) < 4.78 is 13.8. The highest BCUT2D eigenvalue weighted by molar-refractivity contribution is 9.10. The van der Waals surface area contributed by atoms with Gasteiger partial charge in [-0.3, -0.25) is 0 Å². The minimum atomic E-state index is -0.227. The van der Waals surface area contributed by atoms with Crippen molar-refractivity contribution in [2.75, 3.05) is 13.2 Å². The average Bonchev–Trinajstić information content (AvgIpc) is 2.42. The van der Waals surface area contributed by atoms with E-state index in [-0.39, 0.29) is 17.8 Å². The maximum Gasteiger partial charge on any atom is 0.124 e. The standard InChI is InChI=1S/C15H21BrFNO/c16-14-8-13(17)5-4-12(14)9-18-10-15(11-19)6-2-1-3-7-15/h4-5,8,18-19H,1-3,6-7,9-11H2.